The fourth-order valence-electron chi connectivity index (χ4n) is 2.65. The Morgan fingerprint density at radius 1 is 1.03 bits per heavy atom. The summed E-state index contributed by atoms with van der Waals surface area (Å²) in [7, 11) is 0. The van der Waals surface area contributed by atoms with Crippen LogP contribution in [0.2, 0.25) is 0 Å². The molecule has 0 saturated heterocycles. The molecule has 1 aromatic heterocycles. The maximum absolute atomic E-state index is 12.9. The van der Waals surface area contributed by atoms with E-state index in [0.29, 0.717) is 12.2 Å². The Kier molecular flexibility index (Phi) is 7.40. The van der Waals surface area contributed by atoms with E-state index >= 15 is 0 Å². The topological polar surface area (TPSA) is 67.4 Å². The second kappa shape index (κ2) is 10.4. The number of benzene rings is 2. The molecule has 0 radical (unpaired) electrons. The van der Waals surface area contributed by atoms with Gasteiger partial charge in [0.15, 0.2) is 0 Å². The molecule has 1 atom stereocenters. The van der Waals surface area contributed by atoms with E-state index in [1.54, 1.807) is 18.2 Å². The zero-order valence-corrected chi connectivity index (χ0v) is 17.7. The number of ether oxygens (including phenoxy) is 1. The number of thiophene rings is 1. The zero-order valence-electron chi connectivity index (χ0n) is 16.9. The Balaban J connectivity index is 1.67. The van der Waals surface area contributed by atoms with Crippen molar-refractivity contribution in [2.45, 2.75) is 19.9 Å². The molecule has 6 heteroatoms. The number of nitrogens with one attached hydrogen (secondary N) is 2. The Bertz CT molecular complexity index is 997. The lowest BCUT2D eigenvalue weighted by molar-refractivity contribution is -0.118. The molecule has 2 aromatic carbocycles. The van der Waals surface area contributed by atoms with Gasteiger partial charge in [-0.2, -0.15) is 0 Å². The number of rotatable bonds is 8. The molecule has 3 aromatic rings. The van der Waals surface area contributed by atoms with Crippen molar-refractivity contribution in [2.24, 2.45) is 0 Å². The second-order valence-corrected chi connectivity index (χ2v) is 7.87. The van der Waals surface area contributed by atoms with Gasteiger partial charge in [-0.15, -0.1) is 11.3 Å². The summed E-state index contributed by atoms with van der Waals surface area (Å²) in [5.41, 5.74) is 1.74. The fraction of sp³-hybridized carbons (Fsp3) is 0.167. The van der Waals surface area contributed by atoms with Crippen molar-refractivity contribution in [2.75, 3.05) is 6.61 Å². The van der Waals surface area contributed by atoms with Gasteiger partial charge in [0.1, 0.15) is 18.1 Å². The normalized spacial score (nSPS) is 12.1. The van der Waals surface area contributed by atoms with Crippen molar-refractivity contribution in [3.63, 3.8) is 0 Å². The van der Waals surface area contributed by atoms with Gasteiger partial charge < -0.3 is 15.4 Å². The van der Waals surface area contributed by atoms with E-state index in [1.165, 1.54) is 11.3 Å². The minimum absolute atomic E-state index is 0.189. The van der Waals surface area contributed by atoms with E-state index in [1.807, 2.05) is 73.8 Å². The number of carbonyl (C=O) groups is 2. The van der Waals surface area contributed by atoms with Gasteiger partial charge in [-0.1, -0.05) is 42.0 Å². The average molecular weight is 421 g/mol. The maximum Gasteiger partial charge on any atom is 0.268 e. The Labute approximate surface area is 180 Å². The largest absolute Gasteiger partial charge is 0.491 e. The molecule has 2 N–H and O–H groups in total. The van der Waals surface area contributed by atoms with Crippen molar-refractivity contribution < 1.29 is 14.3 Å². The third kappa shape index (κ3) is 6.32. The van der Waals surface area contributed by atoms with Gasteiger partial charge in [0.05, 0.1) is 6.04 Å². The number of para-hydroxylation sites is 1. The summed E-state index contributed by atoms with van der Waals surface area (Å²) in [6.07, 6.45) is 1.68. The predicted octanol–water partition coefficient (Wildman–Crippen LogP) is 4.41. The third-order valence-corrected chi connectivity index (χ3v) is 5.08. The summed E-state index contributed by atoms with van der Waals surface area (Å²) in [6.45, 7) is 4.12. The summed E-state index contributed by atoms with van der Waals surface area (Å²) in [5, 5.41) is 7.55. The SMILES string of the molecule is Cc1ccc(C(=O)N/C(=C\c2cccs2)C(=O)NC(C)COc2ccccc2)cc1. The molecule has 154 valence electrons. The van der Waals surface area contributed by atoms with Crippen molar-refractivity contribution in [3.05, 3.63) is 93.8 Å². The molecule has 0 fully saturated rings. The molecule has 0 saturated carbocycles. The summed E-state index contributed by atoms with van der Waals surface area (Å²) in [6, 6.07) is 20.1. The Morgan fingerprint density at radius 2 is 1.77 bits per heavy atom. The monoisotopic (exact) mass is 420 g/mol. The first kappa shape index (κ1) is 21.3. The van der Waals surface area contributed by atoms with Crippen LogP contribution in [-0.2, 0) is 4.79 Å². The molecule has 1 unspecified atom stereocenters. The van der Waals surface area contributed by atoms with Crippen LogP contribution in [0.4, 0.5) is 0 Å². The average Bonchev–Trinajstić information content (AvgIpc) is 3.26. The number of amides is 2. The number of aryl methyl sites for hydroxylation is 1. The van der Waals surface area contributed by atoms with Crippen LogP contribution in [0.1, 0.15) is 27.7 Å². The van der Waals surface area contributed by atoms with Crippen molar-refractivity contribution in [1.82, 2.24) is 10.6 Å². The summed E-state index contributed by atoms with van der Waals surface area (Å²) in [4.78, 5) is 26.4. The number of carbonyl (C=O) groups excluding carboxylic acids is 2. The Morgan fingerprint density at radius 3 is 2.43 bits per heavy atom. The summed E-state index contributed by atoms with van der Waals surface area (Å²) >= 11 is 1.49. The molecule has 3 rings (SSSR count). The molecule has 0 aliphatic carbocycles. The van der Waals surface area contributed by atoms with Crippen molar-refractivity contribution in [1.29, 1.82) is 0 Å². The van der Waals surface area contributed by atoms with E-state index in [2.05, 4.69) is 10.6 Å². The van der Waals surface area contributed by atoms with E-state index < -0.39 is 0 Å². The standard InChI is InChI=1S/C24H24N2O3S/c1-17-10-12-19(13-11-17)23(27)26-22(15-21-9-6-14-30-21)24(28)25-18(2)16-29-20-7-4-3-5-8-20/h3-15,18H,16H2,1-2H3,(H,25,28)(H,26,27)/b22-15-. The van der Waals surface area contributed by atoms with Crippen molar-refractivity contribution >= 4 is 29.2 Å². The summed E-state index contributed by atoms with van der Waals surface area (Å²) < 4.78 is 5.70. The molecule has 0 aliphatic rings. The molecule has 5 nitrogen and oxygen atoms in total. The van der Waals surface area contributed by atoms with E-state index in [4.69, 9.17) is 4.74 Å². The highest BCUT2D eigenvalue weighted by Crippen LogP contribution is 2.14. The van der Waals surface area contributed by atoms with Gasteiger partial charge in [0, 0.05) is 10.4 Å². The lowest BCUT2D eigenvalue weighted by Crippen LogP contribution is -2.41. The minimum Gasteiger partial charge on any atom is -0.491 e. The molecule has 0 aliphatic heterocycles. The smallest absolute Gasteiger partial charge is 0.268 e. The zero-order chi connectivity index (χ0) is 21.3. The first-order chi connectivity index (χ1) is 14.5. The molecular formula is C24H24N2O3S. The van der Waals surface area contributed by atoms with Crippen LogP contribution >= 0.6 is 11.3 Å². The van der Waals surface area contributed by atoms with E-state index in [-0.39, 0.29) is 23.6 Å². The van der Waals surface area contributed by atoms with Crippen LogP contribution in [-0.4, -0.2) is 24.5 Å². The maximum atomic E-state index is 12.9. The van der Waals surface area contributed by atoms with Gasteiger partial charge in [0.25, 0.3) is 11.8 Å². The Hall–Kier alpha value is -3.38. The van der Waals surface area contributed by atoms with Crippen LogP contribution < -0.4 is 15.4 Å². The highest BCUT2D eigenvalue weighted by Gasteiger charge is 2.17. The van der Waals surface area contributed by atoms with Gasteiger partial charge in [-0.3, -0.25) is 9.59 Å². The van der Waals surface area contributed by atoms with Gasteiger partial charge in [-0.05, 0) is 55.6 Å². The van der Waals surface area contributed by atoms with Crippen LogP contribution in [0.3, 0.4) is 0 Å². The quantitative estimate of drug-likeness (QED) is 0.531. The van der Waals surface area contributed by atoms with Gasteiger partial charge >= 0.3 is 0 Å². The lowest BCUT2D eigenvalue weighted by atomic mass is 10.1. The molecular weight excluding hydrogens is 396 g/mol. The molecule has 2 amide bonds. The lowest BCUT2D eigenvalue weighted by Gasteiger charge is -2.17. The van der Waals surface area contributed by atoms with Crippen LogP contribution in [0.15, 0.2) is 77.8 Å². The number of hydrogen-bond donors (Lipinski definition) is 2. The minimum atomic E-state index is -0.368. The first-order valence-electron chi connectivity index (χ1n) is 9.63. The summed E-state index contributed by atoms with van der Waals surface area (Å²) in [5.74, 6) is 0.0368. The van der Waals surface area contributed by atoms with Gasteiger partial charge in [0.2, 0.25) is 0 Å². The van der Waals surface area contributed by atoms with Gasteiger partial charge in [-0.25, -0.2) is 0 Å². The highest BCUT2D eigenvalue weighted by molar-refractivity contribution is 7.10. The van der Waals surface area contributed by atoms with Crippen LogP contribution in [0.5, 0.6) is 5.75 Å². The van der Waals surface area contributed by atoms with Crippen LogP contribution in [0, 0.1) is 6.92 Å². The predicted molar refractivity (Wildman–Crippen MR) is 120 cm³/mol. The molecule has 0 bridgehead atoms. The third-order valence-electron chi connectivity index (χ3n) is 4.26. The van der Waals surface area contributed by atoms with Crippen molar-refractivity contribution in [3.8, 4) is 5.75 Å². The fourth-order valence-corrected chi connectivity index (χ4v) is 3.31. The molecule has 30 heavy (non-hydrogen) atoms. The number of hydrogen-bond acceptors (Lipinski definition) is 4. The second-order valence-electron chi connectivity index (χ2n) is 6.89. The highest BCUT2D eigenvalue weighted by atomic mass is 32.1. The van der Waals surface area contributed by atoms with Crippen LogP contribution in [0.25, 0.3) is 6.08 Å². The van der Waals surface area contributed by atoms with E-state index in [0.717, 1.165) is 16.2 Å². The first-order valence-corrected chi connectivity index (χ1v) is 10.5. The van der Waals surface area contributed by atoms with E-state index in [9.17, 15) is 9.59 Å². The molecule has 1 heterocycles. The molecule has 0 spiro atoms.